The van der Waals surface area contributed by atoms with E-state index in [0.29, 0.717) is 18.6 Å². The lowest BCUT2D eigenvalue weighted by Crippen LogP contribution is -2.60. The number of nitrogens with two attached hydrogens (primary N) is 3. The molecule has 0 saturated carbocycles. The summed E-state index contributed by atoms with van der Waals surface area (Å²) in [5.41, 5.74) is 16.3. The molecule has 9 amide bonds. The summed E-state index contributed by atoms with van der Waals surface area (Å²) in [5, 5.41) is 21.9. The van der Waals surface area contributed by atoms with Gasteiger partial charge in [-0.15, -0.1) is 0 Å². The summed E-state index contributed by atoms with van der Waals surface area (Å²) >= 11 is 5.39. The molecule has 2 rings (SSSR count). The Morgan fingerprint density at radius 3 is 1.81 bits per heavy atom. The maximum atomic E-state index is 14.1. The second-order valence-electron chi connectivity index (χ2n) is 14.7. The molecular formula is C35H58N10O11S2. The van der Waals surface area contributed by atoms with E-state index in [1.165, 1.54) is 28.5 Å². The van der Waals surface area contributed by atoms with Gasteiger partial charge in [-0.25, -0.2) is 4.79 Å². The van der Waals surface area contributed by atoms with E-state index < -0.39 is 120 Å². The Kier molecular flexibility index (Phi) is 20.2. The molecule has 2 aliphatic heterocycles. The van der Waals surface area contributed by atoms with Crippen molar-refractivity contribution in [3.05, 3.63) is 0 Å². The van der Waals surface area contributed by atoms with Crippen LogP contribution in [0.4, 0.5) is 0 Å². The number of rotatable bonds is 23. The van der Waals surface area contributed by atoms with E-state index in [0.717, 1.165) is 0 Å². The summed E-state index contributed by atoms with van der Waals surface area (Å²) in [6.07, 6.45) is 1.86. The first kappa shape index (κ1) is 49.5. The van der Waals surface area contributed by atoms with Gasteiger partial charge in [0.1, 0.15) is 42.3 Å². The van der Waals surface area contributed by atoms with Gasteiger partial charge in [0.2, 0.25) is 53.2 Å². The highest BCUT2D eigenvalue weighted by molar-refractivity contribution is 7.98. The molecule has 23 heteroatoms. The van der Waals surface area contributed by atoms with Gasteiger partial charge in [0, 0.05) is 18.8 Å². The molecule has 0 aromatic rings. The molecule has 2 heterocycles. The molecule has 2 aliphatic rings. The number of hydrogen-bond donors (Lipinski definition) is 10. The zero-order chi connectivity index (χ0) is 43.9. The van der Waals surface area contributed by atoms with Crippen LogP contribution in [0.1, 0.15) is 72.1 Å². The van der Waals surface area contributed by atoms with Crippen molar-refractivity contribution in [1.29, 1.82) is 0 Å². The number of thioether (sulfide) groups is 1. The first-order chi connectivity index (χ1) is 27.2. The van der Waals surface area contributed by atoms with Gasteiger partial charge in [-0.2, -0.15) is 24.4 Å². The van der Waals surface area contributed by atoms with Crippen LogP contribution >= 0.6 is 24.4 Å². The second-order valence-corrected chi connectivity index (χ2v) is 16.1. The van der Waals surface area contributed by atoms with Gasteiger partial charge in [-0.1, -0.05) is 13.8 Å². The fourth-order valence-electron chi connectivity index (χ4n) is 6.57. The lowest BCUT2D eigenvalue weighted by atomic mass is 10.0. The molecule has 12 N–H and O–H groups in total. The molecule has 2 saturated heterocycles. The highest BCUT2D eigenvalue weighted by atomic mass is 32.2. The van der Waals surface area contributed by atoms with Crippen LogP contribution in [-0.2, 0) is 47.9 Å². The number of hydrogen-bond acceptors (Lipinski definition) is 13. The van der Waals surface area contributed by atoms with Crippen LogP contribution in [0.5, 0.6) is 0 Å². The predicted octanol–water partition coefficient (Wildman–Crippen LogP) is -3.70. The number of carboxylic acids is 1. The molecule has 21 nitrogen and oxygen atoms in total. The minimum absolute atomic E-state index is 0.0413. The predicted molar refractivity (Wildman–Crippen MR) is 214 cm³/mol. The zero-order valence-corrected chi connectivity index (χ0v) is 34.9. The third-order valence-electron chi connectivity index (χ3n) is 9.57. The largest absolute Gasteiger partial charge is 0.480 e. The topological polar surface area (TPSA) is 336 Å². The van der Waals surface area contributed by atoms with E-state index in [-0.39, 0.29) is 50.4 Å². The molecule has 0 spiro atoms. The normalized spacial score (nSPS) is 19.5. The van der Waals surface area contributed by atoms with Crippen LogP contribution in [0.2, 0.25) is 0 Å². The summed E-state index contributed by atoms with van der Waals surface area (Å²) in [7, 11) is 0. The van der Waals surface area contributed by atoms with Crippen molar-refractivity contribution in [3.63, 3.8) is 0 Å². The van der Waals surface area contributed by atoms with Crippen LogP contribution < -0.4 is 43.8 Å². The molecule has 0 unspecified atom stereocenters. The zero-order valence-electron chi connectivity index (χ0n) is 33.2. The Morgan fingerprint density at radius 1 is 0.724 bits per heavy atom. The number of carbonyl (C=O) groups excluding carboxylic acids is 9. The highest BCUT2D eigenvalue weighted by Crippen LogP contribution is 2.26. The summed E-state index contributed by atoms with van der Waals surface area (Å²) in [4.78, 5) is 131. The number of carboxylic acid groups (broad SMARTS) is 1. The average Bonchev–Trinajstić information content (AvgIpc) is 3.85. The smallest absolute Gasteiger partial charge is 0.326 e. The van der Waals surface area contributed by atoms with Crippen LogP contribution in [0.3, 0.4) is 0 Å². The first-order valence-electron chi connectivity index (χ1n) is 19.0. The van der Waals surface area contributed by atoms with Gasteiger partial charge in [0.05, 0.1) is 18.9 Å². The second kappa shape index (κ2) is 23.7. The number of aliphatic carboxylic acids is 1. The van der Waals surface area contributed by atoms with Gasteiger partial charge in [0.15, 0.2) is 0 Å². The van der Waals surface area contributed by atoms with E-state index in [2.05, 4.69) is 39.2 Å². The monoisotopic (exact) mass is 858 g/mol. The number of carbonyl (C=O) groups is 10. The summed E-state index contributed by atoms with van der Waals surface area (Å²) in [5.74, 6) is -8.12. The van der Waals surface area contributed by atoms with Crippen LogP contribution in [0.25, 0.3) is 0 Å². The van der Waals surface area contributed by atoms with Gasteiger partial charge < -0.3 is 58.7 Å². The molecule has 0 aromatic carbocycles. The van der Waals surface area contributed by atoms with Crippen molar-refractivity contribution in [2.24, 2.45) is 23.1 Å². The third kappa shape index (κ3) is 14.9. The number of amides is 9. The number of thiol groups is 1. The molecule has 326 valence electrons. The summed E-state index contributed by atoms with van der Waals surface area (Å²) in [6.45, 7) is 5.18. The van der Waals surface area contributed by atoms with Crippen molar-refractivity contribution < 1.29 is 53.1 Å². The fraction of sp³-hybridized carbons (Fsp3) is 0.714. The van der Waals surface area contributed by atoms with Crippen molar-refractivity contribution >= 4 is 83.5 Å². The molecule has 0 bridgehead atoms. The molecule has 0 aliphatic carbocycles. The first-order valence-corrected chi connectivity index (χ1v) is 21.0. The number of likely N-dealkylation sites (tertiary alicyclic amines) is 2. The molecule has 8 atom stereocenters. The maximum absolute atomic E-state index is 14.1. The fourth-order valence-corrected chi connectivity index (χ4v) is 7.21. The minimum Gasteiger partial charge on any atom is -0.480 e. The van der Waals surface area contributed by atoms with Gasteiger partial charge >= 0.3 is 5.97 Å². The van der Waals surface area contributed by atoms with Crippen LogP contribution in [0.15, 0.2) is 0 Å². The van der Waals surface area contributed by atoms with Gasteiger partial charge in [0.25, 0.3) is 0 Å². The Morgan fingerprint density at radius 2 is 1.26 bits per heavy atom. The Bertz CT molecular complexity index is 1550. The Labute approximate surface area is 346 Å². The summed E-state index contributed by atoms with van der Waals surface area (Å²) < 4.78 is 0. The Hall–Kier alpha value is -4.64. The van der Waals surface area contributed by atoms with Crippen LogP contribution in [0, 0.1) is 5.92 Å². The van der Waals surface area contributed by atoms with Crippen LogP contribution in [-0.4, -0.2) is 153 Å². The molecule has 58 heavy (non-hydrogen) atoms. The average molecular weight is 859 g/mol. The highest BCUT2D eigenvalue weighted by Gasteiger charge is 2.44. The van der Waals surface area contributed by atoms with Crippen molar-refractivity contribution in [2.75, 3.05) is 30.9 Å². The minimum atomic E-state index is -1.61. The molecule has 0 aromatic heterocycles. The van der Waals surface area contributed by atoms with Crippen molar-refractivity contribution in [3.8, 4) is 0 Å². The SMILES string of the molecule is CSCC[C@H](NC(=O)[C@H](C)NC(=O)[C@@H](N)CS)C(=O)N[C@@H](CC(C)C)C(=O)N[C@@H](CC(N)=O)C(=O)N1CCC[C@H]1C(=O)N1CCC[C@H]1C(=O)N[C@@H](CC(N)=O)C(=O)O. The van der Waals surface area contributed by atoms with E-state index in [1.54, 1.807) is 20.1 Å². The Balaban J connectivity index is 2.27. The maximum Gasteiger partial charge on any atom is 0.326 e. The van der Waals surface area contributed by atoms with E-state index in [4.69, 9.17) is 17.2 Å². The van der Waals surface area contributed by atoms with E-state index >= 15 is 0 Å². The van der Waals surface area contributed by atoms with E-state index in [1.807, 2.05) is 0 Å². The number of nitrogens with zero attached hydrogens (tertiary/aromatic N) is 2. The van der Waals surface area contributed by atoms with Gasteiger partial charge in [-0.3, -0.25) is 43.2 Å². The third-order valence-corrected chi connectivity index (χ3v) is 10.6. The number of nitrogens with one attached hydrogen (secondary N) is 5. The summed E-state index contributed by atoms with van der Waals surface area (Å²) in [6, 6.07) is -9.75. The van der Waals surface area contributed by atoms with E-state index in [9.17, 15) is 53.1 Å². The molecular weight excluding hydrogens is 801 g/mol. The van der Waals surface area contributed by atoms with Gasteiger partial charge in [-0.05, 0) is 63.4 Å². The molecule has 0 radical (unpaired) electrons. The van der Waals surface area contributed by atoms with Crippen molar-refractivity contribution in [2.45, 2.75) is 120 Å². The van der Waals surface area contributed by atoms with Crippen molar-refractivity contribution in [1.82, 2.24) is 36.4 Å². The molecule has 2 fully saturated rings. The lowest BCUT2D eigenvalue weighted by Gasteiger charge is -2.33. The standard InChI is InChI=1S/C35H58N10O11S2/c1-17(2)13-21(41-30(50)20(9-12-58-4)40-28(48)18(3)39-29(49)19(36)16-57)31(51)42-22(14-26(37)46)33(53)45-11-6-8-25(45)34(54)44-10-5-7-24(44)32(52)43-23(35(55)56)15-27(38)47/h17-25,57H,5-16,36H2,1-4H3,(H2,37,46)(H2,38,47)(H,39,49)(H,40,48)(H,41,50)(H,42,51)(H,43,52)(H,55,56)/t18-,19-,20-,21-,22-,23-,24-,25-/m0/s1. The quantitative estimate of drug-likeness (QED) is 0.0443. The lowest BCUT2D eigenvalue weighted by molar-refractivity contribution is -0.149. The number of primary amides is 2.